The van der Waals surface area contributed by atoms with Crippen molar-refractivity contribution in [3.8, 4) is 0 Å². The van der Waals surface area contributed by atoms with E-state index in [0.717, 1.165) is 18.2 Å². The first-order chi connectivity index (χ1) is 16.8. The van der Waals surface area contributed by atoms with Gasteiger partial charge in [-0.1, -0.05) is 6.07 Å². The fourth-order valence-electron chi connectivity index (χ4n) is 6.17. The Morgan fingerprint density at radius 1 is 0.914 bits per heavy atom. The summed E-state index contributed by atoms with van der Waals surface area (Å²) in [5.41, 5.74) is 1.33. The zero-order valence-electron chi connectivity index (χ0n) is 20.2. The summed E-state index contributed by atoms with van der Waals surface area (Å²) in [5.74, 6) is -2.23. The number of piperazine rings is 1. The number of anilines is 1. The molecule has 0 aromatic heterocycles. The van der Waals surface area contributed by atoms with Gasteiger partial charge in [-0.3, -0.25) is 9.69 Å². The lowest BCUT2D eigenvalue weighted by molar-refractivity contribution is -0.137. The van der Waals surface area contributed by atoms with Crippen LogP contribution in [-0.2, 0) is 9.53 Å². The van der Waals surface area contributed by atoms with Crippen LogP contribution in [0.3, 0.4) is 0 Å². The van der Waals surface area contributed by atoms with E-state index in [1.54, 1.807) is 12.1 Å². The minimum atomic E-state index is -0.618. The number of halogens is 3. The number of carbonyl (C=O) groups is 1. The summed E-state index contributed by atoms with van der Waals surface area (Å²) in [5, 5.41) is 0. The third-order valence-corrected chi connectivity index (χ3v) is 7.80. The number of hydrogen-bond acceptors (Lipinski definition) is 4. The first-order valence-electron chi connectivity index (χ1n) is 12.4. The van der Waals surface area contributed by atoms with E-state index in [-0.39, 0.29) is 35.8 Å². The van der Waals surface area contributed by atoms with Gasteiger partial charge in [0.1, 0.15) is 17.5 Å². The normalized spacial score (nSPS) is 29.7. The number of carbonyl (C=O) groups excluding carboxylic acids is 1. The second-order valence-electron chi connectivity index (χ2n) is 10.2. The molecule has 0 saturated carbocycles. The number of nitrogens with zero attached hydrogens (tertiary/aromatic N) is 3. The highest BCUT2D eigenvalue weighted by atomic mass is 19.1. The van der Waals surface area contributed by atoms with Gasteiger partial charge < -0.3 is 14.5 Å². The van der Waals surface area contributed by atoms with Crippen molar-refractivity contribution in [1.29, 1.82) is 0 Å². The predicted molar refractivity (Wildman–Crippen MR) is 128 cm³/mol. The quantitative estimate of drug-likeness (QED) is 0.653. The molecular formula is C27H32F3N3O2. The molecule has 8 heteroatoms. The van der Waals surface area contributed by atoms with Gasteiger partial charge in [0.25, 0.3) is 0 Å². The molecule has 0 aliphatic carbocycles. The molecule has 0 spiro atoms. The molecule has 3 aliphatic heterocycles. The highest BCUT2D eigenvalue weighted by molar-refractivity contribution is 5.81. The maximum Gasteiger partial charge on any atom is 0.227 e. The van der Waals surface area contributed by atoms with E-state index in [9.17, 15) is 18.0 Å². The van der Waals surface area contributed by atoms with E-state index in [0.29, 0.717) is 45.0 Å². The van der Waals surface area contributed by atoms with Gasteiger partial charge >= 0.3 is 0 Å². The molecule has 3 fully saturated rings. The van der Waals surface area contributed by atoms with Gasteiger partial charge in [-0.15, -0.1) is 0 Å². The Balaban J connectivity index is 1.37. The molecule has 0 radical (unpaired) electrons. The summed E-state index contributed by atoms with van der Waals surface area (Å²) < 4.78 is 47.4. The number of rotatable bonds is 4. The molecule has 0 bridgehead atoms. The van der Waals surface area contributed by atoms with Gasteiger partial charge in [0, 0.05) is 68.6 Å². The lowest BCUT2D eigenvalue weighted by Gasteiger charge is -2.46. The van der Waals surface area contributed by atoms with Crippen LogP contribution in [0.15, 0.2) is 42.5 Å². The fraction of sp³-hybridized carbons (Fsp3) is 0.519. The highest BCUT2D eigenvalue weighted by Gasteiger charge is 2.45. The number of benzene rings is 2. The Morgan fingerprint density at radius 3 is 2.23 bits per heavy atom. The van der Waals surface area contributed by atoms with Crippen molar-refractivity contribution in [2.75, 3.05) is 44.3 Å². The average Bonchev–Trinajstić information content (AvgIpc) is 3.49. The van der Waals surface area contributed by atoms with Crippen LogP contribution in [0.5, 0.6) is 0 Å². The molecule has 3 heterocycles. The Kier molecular flexibility index (Phi) is 6.77. The number of amides is 1. The molecule has 3 aliphatic rings. The predicted octanol–water partition coefficient (Wildman–Crippen LogP) is 4.03. The van der Waals surface area contributed by atoms with Gasteiger partial charge in [0.05, 0.1) is 12.5 Å². The minimum Gasteiger partial charge on any atom is -0.380 e. The third-order valence-electron chi connectivity index (χ3n) is 7.80. The summed E-state index contributed by atoms with van der Waals surface area (Å²) in [6, 6.07) is 10.4. The number of hydrogen-bond donors (Lipinski definition) is 0. The van der Waals surface area contributed by atoms with Crippen molar-refractivity contribution < 1.29 is 22.7 Å². The molecule has 5 rings (SSSR count). The van der Waals surface area contributed by atoms with Crippen LogP contribution in [0.25, 0.3) is 0 Å². The second kappa shape index (κ2) is 9.82. The van der Waals surface area contributed by atoms with E-state index in [4.69, 9.17) is 4.74 Å². The molecule has 1 amide bonds. The van der Waals surface area contributed by atoms with Crippen LogP contribution >= 0.6 is 0 Å². The van der Waals surface area contributed by atoms with Gasteiger partial charge in [-0.05, 0) is 56.2 Å². The summed E-state index contributed by atoms with van der Waals surface area (Å²) in [6.45, 7) is 7.58. The highest BCUT2D eigenvalue weighted by Crippen LogP contribution is 2.38. The van der Waals surface area contributed by atoms with E-state index in [1.807, 2.05) is 4.90 Å². The first-order valence-corrected chi connectivity index (χ1v) is 12.4. The Hall–Kier alpha value is -2.58. The smallest absolute Gasteiger partial charge is 0.227 e. The second-order valence-corrected chi connectivity index (χ2v) is 10.2. The molecular weight excluding hydrogens is 455 g/mol. The SMILES string of the molecule is C[C@@H]1CN(C(=O)C2CN([C@@H]3CCOC3)C[C@H]2c2ccc(F)cc2F)C[C@H](C)N1c1ccc(F)cc1. The van der Waals surface area contributed by atoms with E-state index in [2.05, 4.69) is 23.6 Å². The number of likely N-dealkylation sites (tertiary alicyclic amines) is 1. The lowest BCUT2D eigenvalue weighted by Crippen LogP contribution is -2.59. The van der Waals surface area contributed by atoms with Crippen LogP contribution < -0.4 is 4.90 Å². The van der Waals surface area contributed by atoms with Crippen molar-refractivity contribution in [3.63, 3.8) is 0 Å². The van der Waals surface area contributed by atoms with Gasteiger partial charge in [-0.2, -0.15) is 0 Å². The first kappa shape index (κ1) is 24.1. The standard InChI is InChI=1S/C27H32F3N3O2/c1-17-12-32(13-18(2)33(17)21-6-3-19(28)4-7-21)27(34)25-15-31(22-9-10-35-16-22)14-24(25)23-8-5-20(29)11-26(23)30/h3-8,11,17-18,22,24-25H,9-10,12-16H2,1-2H3/t17-,18+,22-,24+,25?/m1/s1. The Bertz CT molecular complexity index is 1050. The third kappa shape index (κ3) is 4.78. The number of ether oxygens (including phenoxy) is 1. The molecule has 188 valence electrons. The summed E-state index contributed by atoms with van der Waals surface area (Å²) in [4.78, 5) is 20.3. The summed E-state index contributed by atoms with van der Waals surface area (Å²) in [6.07, 6.45) is 0.893. The average molecular weight is 488 g/mol. The van der Waals surface area contributed by atoms with Crippen LogP contribution in [0, 0.1) is 23.4 Å². The van der Waals surface area contributed by atoms with Crippen LogP contribution in [-0.4, -0.2) is 73.2 Å². The molecule has 1 unspecified atom stereocenters. The maximum atomic E-state index is 14.8. The van der Waals surface area contributed by atoms with Crippen LogP contribution in [0.4, 0.5) is 18.9 Å². The fourth-order valence-corrected chi connectivity index (χ4v) is 6.17. The Labute approximate surface area is 204 Å². The van der Waals surface area contributed by atoms with E-state index < -0.39 is 17.6 Å². The lowest BCUT2D eigenvalue weighted by atomic mass is 9.87. The summed E-state index contributed by atoms with van der Waals surface area (Å²) >= 11 is 0. The van der Waals surface area contributed by atoms with Crippen molar-refractivity contribution in [1.82, 2.24) is 9.80 Å². The van der Waals surface area contributed by atoms with E-state index in [1.165, 1.54) is 24.3 Å². The molecule has 2 aromatic carbocycles. The van der Waals surface area contributed by atoms with Crippen LogP contribution in [0.2, 0.25) is 0 Å². The van der Waals surface area contributed by atoms with Crippen molar-refractivity contribution >= 4 is 11.6 Å². The van der Waals surface area contributed by atoms with Gasteiger partial charge in [-0.25, -0.2) is 13.2 Å². The van der Waals surface area contributed by atoms with Crippen molar-refractivity contribution in [2.24, 2.45) is 5.92 Å². The molecule has 0 N–H and O–H groups in total. The van der Waals surface area contributed by atoms with Gasteiger partial charge in [0.2, 0.25) is 5.91 Å². The molecule has 3 saturated heterocycles. The zero-order chi connectivity index (χ0) is 24.7. The van der Waals surface area contributed by atoms with Crippen LogP contribution in [0.1, 0.15) is 31.7 Å². The monoisotopic (exact) mass is 487 g/mol. The zero-order valence-corrected chi connectivity index (χ0v) is 20.2. The summed E-state index contributed by atoms with van der Waals surface area (Å²) in [7, 11) is 0. The Morgan fingerprint density at radius 2 is 1.60 bits per heavy atom. The molecule has 2 aromatic rings. The van der Waals surface area contributed by atoms with Gasteiger partial charge in [0.15, 0.2) is 0 Å². The van der Waals surface area contributed by atoms with Crippen molar-refractivity contribution in [3.05, 3.63) is 65.5 Å². The molecule has 5 atom stereocenters. The largest absolute Gasteiger partial charge is 0.380 e. The topological polar surface area (TPSA) is 36.0 Å². The van der Waals surface area contributed by atoms with E-state index >= 15 is 0 Å². The molecule has 35 heavy (non-hydrogen) atoms. The maximum absolute atomic E-state index is 14.8. The molecule has 5 nitrogen and oxygen atoms in total. The minimum absolute atomic E-state index is 0.0117. The van der Waals surface area contributed by atoms with Crippen molar-refractivity contribution in [2.45, 2.75) is 44.3 Å².